The fraction of sp³-hybridized carbons (Fsp3) is 0.923. The van der Waals surface area contributed by atoms with Gasteiger partial charge >= 0.3 is 11.9 Å². The van der Waals surface area contributed by atoms with Crippen LogP contribution in [0.15, 0.2) is 0 Å². The minimum Gasteiger partial charge on any atom is -0.466 e. The number of ether oxygens (including phenoxy) is 3. The number of hydrogen-bond donors (Lipinski definition) is 0. The molecular formula is C26H50O5. The van der Waals surface area contributed by atoms with E-state index >= 15 is 0 Å². The van der Waals surface area contributed by atoms with Gasteiger partial charge in [-0.05, 0) is 26.2 Å². The summed E-state index contributed by atoms with van der Waals surface area (Å²) in [5.74, 6) is -0.185. The van der Waals surface area contributed by atoms with Crippen molar-refractivity contribution in [2.75, 3.05) is 26.4 Å². The maximum absolute atomic E-state index is 11.8. The Morgan fingerprint density at radius 2 is 0.903 bits per heavy atom. The van der Waals surface area contributed by atoms with Crippen molar-refractivity contribution in [3.8, 4) is 0 Å². The van der Waals surface area contributed by atoms with Crippen LogP contribution in [0, 0.1) is 0 Å². The van der Waals surface area contributed by atoms with Gasteiger partial charge in [-0.2, -0.15) is 0 Å². The molecule has 0 aliphatic rings. The zero-order valence-corrected chi connectivity index (χ0v) is 20.6. The van der Waals surface area contributed by atoms with Crippen LogP contribution in [0.25, 0.3) is 0 Å². The van der Waals surface area contributed by atoms with E-state index in [0.717, 1.165) is 44.9 Å². The summed E-state index contributed by atoms with van der Waals surface area (Å²) in [6.45, 7) is 6.23. The van der Waals surface area contributed by atoms with Gasteiger partial charge < -0.3 is 14.2 Å². The number of unbranched alkanes of at least 4 members (excludes halogenated alkanes) is 14. The van der Waals surface area contributed by atoms with Crippen molar-refractivity contribution in [2.45, 2.75) is 129 Å². The molecule has 0 amide bonds. The molecule has 5 heteroatoms. The van der Waals surface area contributed by atoms with Crippen LogP contribution < -0.4 is 0 Å². The average Bonchev–Trinajstić information content (AvgIpc) is 2.77. The quantitative estimate of drug-likeness (QED) is 0.117. The van der Waals surface area contributed by atoms with Crippen LogP contribution >= 0.6 is 0 Å². The van der Waals surface area contributed by atoms with Crippen molar-refractivity contribution in [2.24, 2.45) is 0 Å². The third kappa shape index (κ3) is 25.0. The summed E-state index contributed by atoms with van der Waals surface area (Å²) in [4.78, 5) is 23.3. The van der Waals surface area contributed by atoms with Gasteiger partial charge in [0.25, 0.3) is 0 Å². The molecule has 0 aliphatic carbocycles. The molecule has 0 saturated carbocycles. The Hall–Kier alpha value is -1.10. The molecule has 0 atom stereocenters. The maximum atomic E-state index is 11.8. The molecule has 5 nitrogen and oxygen atoms in total. The second-order valence-corrected chi connectivity index (χ2v) is 8.44. The molecule has 0 saturated heterocycles. The predicted molar refractivity (Wildman–Crippen MR) is 127 cm³/mol. The van der Waals surface area contributed by atoms with Crippen LogP contribution in [0.1, 0.15) is 129 Å². The minimum atomic E-state index is -0.134. The molecule has 0 rings (SSSR count). The summed E-state index contributed by atoms with van der Waals surface area (Å²) in [7, 11) is 0. The molecular weight excluding hydrogens is 392 g/mol. The van der Waals surface area contributed by atoms with Gasteiger partial charge in [-0.3, -0.25) is 9.59 Å². The molecule has 0 aliphatic heterocycles. The monoisotopic (exact) mass is 442 g/mol. The topological polar surface area (TPSA) is 61.8 Å². The van der Waals surface area contributed by atoms with Gasteiger partial charge in [0.2, 0.25) is 0 Å². The van der Waals surface area contributed by atoms with Crippen LogP contribution in [0.2, 0.25) is 0 Å². The zero-order chi connectivity index (χ0) is 22.8. The Morgan fingerprint density at radius 1 is 0.484 bits per heavy atom. The molecule has 184 valence electrons. The van der Waals surface area contributed by atoms with Gasteiger partial charge in [0.15, 0.2) is 0 Å². The summed E-state index contributed by atoms with van der Waals surface area (Å²) in [6, 6.07) is 0. The summed E-state index contributed by atoms with van der Waals surface area (Å²) >= 11 is 0. The number of esters is 2. The van der Waals surface area contributed by atoms with E-state index < -0.39 is 0 Å². The second-order valence-electron chi connectivity index (χ2n) is 8.44. The van der Waals surface area contributed by atoms with Gasteiger partial charge in [0, 0.05) is 19.4 Å². The number of carbonyl (C=O) groups is 2. The summed E-state index contributed by atoms with van der Waals surface area (Å²) < 4.78 is 15.5. The average molecular weight is 443 g/mol. The first-order valence-corrected chi connectivity index (χ1v) is 13.1. The maximum Gasteiger partial charge on any atom is 0.305 e. The second kappa shape index (κ2) is 25.2. The predicted octanol–water partition coefficient (Wildman–Crippen LogP) is 7.15. The van der Waals surface area contributed by atoms with Crippen LogP contribution in [0.4, 0.5) is 0 Å². The molecule has 0 aromatic heterocycles. The molecule has 0 heterocycles. The molecule has 0 radical (unpaired) electrons. The Labute approximate surface area is 192 Å². The number of rotatable bonds is 24. The third-order valence-electron chi connectivity index (χ3n) is 5.47. The van der Waals surface area contributed by atoms with Gasteiger partial charge in [0.05, 0.1) is 13.2 Å². The first-order chi connectivity index (χ1) is 15.2. The van der Waals surface area contributed by atoms with E-state index in [0.29, 0.717) is 39.3 Å². The summed E-state index contributed by atoms with van der Waals surface area (Å²) in [5, 5.41) is 0. The first-order valence-electron chi connectivity index (χ1n) is 13.1. The lowest BCUT2D eigenvalue weighted by Gasteiger charge is -2.06. The minimum absolute atomic E-state index is 0.0503. The first kappa shape index (κ1) is 29.9. The van der Waals surface area contributed by atoms with E-state index in [1.807, 2.05) is 6.92 Å². The molecule has 0 unspecified atom stereocenters. The van der Waals surface area contributed by atoms with Gasteiger partial charge in [-0.15, -0.1) is 0 Å². The van der Waals surface area contributed by atoms with E-state index in [1.165, 1.54) is 57.8 Å². The lowest BCUT2D eigenvalue weighted by molar-refractivity contribution is -0.145. The van der Waals surface area contributed by atoms with Crippen LogP contribution in [0.5, 0.6) is 0 Å². The number of carbonyl (C=O) groups excluding carboxylic acids is 2. The Morgan fingerprint density at radius 3 is 1.39 bits per heavy atom. The fourth-order valence-electron chi connectivity index (χ4n) is 3.52. The highest BCUT2D eigenvalue weighted by Gasteiger charge is 2.04. The molecule has 0 fully saturated rings. The van der Waals surface area contributed by atoms with Crippen molar-refractivity contribution < 1.29 is 23.8 Å². The summed E-state index contributed by atoms with van der Waals surface area (Å²) in [5.41, 5.74) is 0. The molecule has 0 aromatic carbocycles. The standard InChI is InChI=1S/C26H50O5/c1-3-5-6-7-8-9-10-13-16-19-22-30-25(27)20-17-14-11-12-15-18-21-26(28)31-24-23-29-4-2/h3-24H2,1-2H3. The molecule has 31 heavy (non-hydrogen) atoms. The normalized spacial score (nSPS) is 10.9. The van der Waals surface area contributed by atoms with Crippen molar-refractivity contribution in [1.29, 1.82) is 0 Å². The third-order valence-corrected chi connectivity index (χ3v) is 5.47. The fourth-order valence-corrected chi connectivity index (χ4v) is 3.52. The Kier molecular flexibility index (Phi) is 24.3. The highest BCUT2D eigenvalue weighted by Crippen LogP contribution is 2.12. The molecule has 0 N–H and O–H groups in total. The van der Waals surface area contributed by atoms with Crippen LogP contribution in [-0.4, -0.2) is 38.4 Å². The van der Waals surface area contributed by atoms with Crippen molar-refractivity contribution in [3.05, 3.63) is 0 Å². The smallest absolute Gasteiger partial charge is 0.305 e. The van der Waals surface area contributed by atoms with Crippen molar-refractivity contribution in [1.82, 2.24) is 0 Å². The molecule has 0 aromatic rings. The van der Waals surface area contributed by atoms with Crippen molar-refractivity contribution in [3.63, 3.8) is 0 Å². The van der Waals surface area contributed by atoms with E-state index in [4.69, 9.17) is 14.2 Å². The highest BCUT2D eigenvalue weighted by atomic mass is 16.6. The van der Waals surface area contributed by atoms with E-state index in [-0.39, 0.29) is 11.9 Å². The van der Waals surface area contributed by atoms with Crippen molar-refractivity contribution >= 4 is 11.9 Å². The lowest BCUT2D eigenvalue weighted by Crippen LogP contribution is -2.10. The van der Waals surface area contributed by atoms with E-state index in [9.17, 15) is 9.59 Å². The van der Waals surface area contributed by atoms with E-state index in [1.54, 1.807) is 0 Å². The van der Waals surface area contributed by atoms with Gasteiger partial charge in [-0.1, -0.05) is 90.4 Å². The number of hydrogen-bond acceptors (Lipinski definition) is 5. The van der Waals surface area contributed by atoms with Crippen LogP contribution in [-0.2, 0) is 23.8 Å². The Balaban J connectivity index is 3.23. The lowest BCUT2D eigenvalue weighted by atomic mass is 10.1. The van der Waals surface area contributed by atoms with Gasteiger partial charge in [-0.25, -0.2) is 0 Å². The van der Waals surface area contributed by atoms with Gasteiger partial charge in [0.1, 0.15) is 6.61 Å². The highest BCUT2D eigenvalue weighted by molar-refractivity contribution is 5.69. The SMILES string of the molecule is CCCCCCCCCCCCOC(=O)CCCCCCCCC(=O)OCCOCC. The zero-order valence-electron chi connectivity index (χ0n) is 20.6. The van der Waals surface area contributed by atoms with E-state index in [2.05, 4.69) is 6.92 Å². The molecule has 0 bridgehead atoms. The van der Waals surface area contributed by atoms with Crippen LogP contribution in [0.3, 0.4) is 0 Å². The Bertz CT molecular complexity index is 397. The molecule has 0 spiro atoms. The largest absolute Gasteiger partial charge is 0.466 e. The summed E-state index contributed by atoms with van der Waals surface area (Å²) in [6.07, 6.45) is 20.0.